The molecule has 0 bridgehead atoms. The van der Waals surface area contributed by atoms with E-state index in [2.05, 4.69) is 6.92 Å². The van der Waals surface area contributed by atoms with Gasteiger partial charge in [-0.2, -0.15) is 0 Å². The van der Waals surface area contributed by atoms with Crippen LogP contribution in [0, 0.1) is 28.6 Å². The Balaban J connectivity index is 0.816. The lowest BCUT2D eigenvalue weighted by Crippen LogP contribution is -2.72. The maximum atomic E-state index is 13.9. The Labute approximate surface area is 493 Å². The van der Waals surface area contributed by atoms with Gasteiger partial charge < -0.3 is 97.3 Å². The number of hydrogen-bond acceptors (Lipinski definition) is 22. The fourth-order valence-electron chi connectivity index (χ4n) is 16.0. The van der Waals surface area contributed by atoms with Crippen molar-refractivity contribution in [3.8, 4) is 0 Å². The first-order valence-corrected chi connectivity index (χ1v) is 30.3. The maximum Gasteiger partial charge on any atom is 0.333 e. The van der Waals surface area contributed by atoms with E-state index in [1.54, 1.807) is 61.0 Å². The molecule has 0 aromatic heterocycles. The molecule has 22 heteroatoms. The van der Waals surface area contributed by atoms with Gasteiger partial charge >= 0.3 is 11.9 Å². The van der Waals surface area contributed by atoms with E-state index in [0.29, 0.717) is 24.8 Å². The van der Waals surface area contributed by atoms with E-state index in [1.807, 2.05) is 44.2 Å². The van der Waals surface area contributed by atoms with Crippen LogP contribution in [0.2, 0.25) is 0 Å². The Morgan fingerprint density at radius 1 is 0.690 bits per heavy atom. The lowest BCUT2D eigenvalue weighted by atomic mass is 9.42. The van der Waals surface area contributed by atoms with E-state index in [1.165, 1.54) is 13.2 Å². The largest absolute Gasteiger partial charge is 0.458 e. The number of fused-ring (bicyclic) bond motifs is 5. The highest BCUT2D eigenvalue weighted by Gasteiger charge is 2.77. The Hall–Kier alpha value is -3.08. The Kier molecular flexibility index (Phi) is 20.7. The Morgan fingerprint density at radius 3 is 1.94 bits per heavy atom. The van der Waals surface area contributed by atoms with Crippen LogP contribution in [0.25, 0.3) is 6.08 Å². The van der Waals surface area contributed by atoms with Gasteiger partial charge in [0, 0.05) is 45.8 Å². The van der Waals surface area contributed by atoms with Crippen LogP contribution in [0.5, 0.6) is 0 Å². The first-order chi connectivity index (χ1) is 39.9. The molecule has 9 rings (SSSR count). The number of esters is 2. The Morgan fingerprint density at radius 2 is 1.31 bits per heavy atom. The molecule has 22 nitrogen and oxygen atoms in total. The molecule has 474 valence electrons. The number of rotatable bonds is 18. The number of methoxy groups -OCH3 is 3. The van der Waals surface area contributed by atoms with Gasteiger partial charge in [-0.05, 0) is 128 Å². The summed E-state index contributed by atoms with van der Waals surface area (Å²) >= 11 is 0. The molecule has 1 aromatic carbocycles. The second-order valence-corrected chi connectivity index (χ2v) is 25.5. The van der Waals surface area contributed by atoms with Crippen molar-refractivity contribution in [3.05, 3.63) is 53.6 Å². The summed E-state index contributed by atoms with van der Waals surface area (Å²) in [7, 11) is 4.55. The van der Waals surface area contributed by atoms with E-state index in [-0.39, 0.29) is 48.5 Å². The van der Waals surface area contributed by atoms with Crippen molar-refractivity contribution >= 4 is 18.0 Å². The van der Waals surface area contributed by atoms with E-state index < -0.39 is 158 Å². The fraction of sp³-hybridized carbons (Fsp3) is 0.806. The second-order valence-electron chi connectivity index (χ2n) is 25.5. The highest BCUT2D eigenvalue weighted by molar-refractivity contribution is 5.88. The van der Waals surface area contributed by atoms with Gasteiger partial charge in [0.1, 0.15) is 72.7 Å². The summed E-state index contributed by atoms with van der Waals surface area (Å²) < 4.78 is 80.8. The molecule has 0 unspecified atom stereocenters. The first kappa shape index (κ1) is 65.4. The predicted octanol–water partition coefficient (Wildman–Crippen LogP) is 3.77. The third-order valence-electron chi connectivity index (χ3n) is 21.2. The van der Waals surface area contributed by atoms with Crippen molar-refractivity contribution in [2.45, 2.75) is 260 Å². The number of aliphatic hydroxyl groups excluding tert-OH is 5. The SMILES string of the molecule is C/C=C(\C)C(=O)O[C@@H](C)[C@]1(O)CC[C@]2(O)[C@@H]3CC[C@H]4C[C@@H](O[C@H]5C[C@H](OC)[C@H](O[C@H]6C[C@@H](OC)[C@H](O[C@@H]7O[C@H](C)[C@@H](O[C@@H]8O[C@H](CO)[C@@H](O)[C@H](O)[C@H]8O)[C@H](OC)[C@H]7O)[C@@H](C)O6)[C@@H](C)O5)CC[C@]4(C)[C@H]3C[C@@H](OC(=O)/C=C/c3ccccc3)[C@]12C. The van der Waals surface area contributed by atoms with Gasteiger partial charge in [0.25, 0.3) is 0 Å². The van der Waals surface area contributed by atoms with E-state index in [4.69, 9.17) is 61.6 Å². The smallest absolute Gasteiger partial charge is 0.333 e. The summed E-state index contributed by atoms with van der Waals surface area (Å²) in [6, 6.07) is 9.43. The standard InChI is InChI=1S/C62H94O22/c1-12-31(2)56(69)78-35(6)61(70)24-25-62(71)39-20-19-37-26-38(22-23-59(37,7)40(39)27-44(60(61,62)8)81-45(64)21-18-36-16-14-13-15-17-36)79-46-28-41(72-9)52(32(3)75-46)82-47-29-42(73-10)53(33(4)76-47)83-58-51(68)55(74-11)54(34(5)77-58)84-57-50(67)49(66)48(65)43(30-63)80-57/h12-18,21,32-35,37-44,46-55,57-58,63,65-68,70-71H,19-20,22-30H2,1-11H3/b21-18+,31-12+/t32-,33-,34-,35+,37+,38+,39-,40+,41+,42-,43-,44-,46+,47+,48-,49+,50-,51-,52-,53-,54-,55-,57+,58+,59+,60-,61-,62+/m1/s1. The van der Waals surface area contributed by atoms with Crippen molar-refractivity contribution in [2.24, 2.45) is 28.6 Å². The molecular weight excluding hydrogens is 1100 g/mol. The number of hydrogen-bond donors (Lipinski definition) is 7. The van der Waals surface area contributed by atoms with Crippen molar-refractivity contribution in [1.29, 1.82) is 0 Å². The topological polar surface area (TPSA) is 296 Å². The highest BCUT2D eigenvalue weighted by Crippen LogP contribution is 2.71. The first-order valence-electron chi connectivity index (χ1n) is 30.3. The monoisotopic (exact) mass is 1190 g/mol. The van der Waals surface area contributed by atoms with Gasteiger partial charge in [-0.1, -0.05) is 50.3 Å². The van der Waals surface area contributed by atoms with Crippen molar-refractivity contribution in [3.63, 3.8) is 0 Å². The number of carbonyl (C=O) groups excluding carboxylic acids is 2. The van der Waals surface area contributed by atoms with E-state index >= 15 is 0 Å². The molecule has 4 aliphatic carbocycles. The molecule has 1 aromatic rings. The fourth-order valence-corrected chi connectivity index (χ4v) is 16.0. The Bertz CT molecular complexity index is 2430. The zero-order valence-corrected chi connectivity index (χ0v) is 50.5. The van der Waals surface area contributed by atoms with E-state index in [0.717, 1.165) is 31.2 Å². The van der Waals surface area contributed by atoms with Gasteiger partial charge in [-0.25, -0.2) is 9.59 Å². The number of allylic oxidation sites excluding steroid dienone is 1. The minimum Gasteiger partial charge on any atom is -0.458 e. The normalized spacial score (nSPS) is 47.5. The van der Waals surface area contributed by atoms with Gasteiger partial charge in [0.15, 0.2) is 25.2 Å². The summed E-state index contributed by atoms with van der Waals surface area (Å²) in [5.74, 6) is -1.22. The molecule has 8 fully saturated rings. The van der Waals surface area contributed by atoms with Crippen LogP contribution >= 0.6 is 0 Å². The zero-order chi connectivity index (χ0) is 60.8. The van der Waals surface area contributed by atoms with Crippen molar-refractivity contribution in [2.75, 3.05) is 27.9 Å². The van der Waals surface area contributed by atoms with Crippen molar-refractivity contribution < 1.29 is 107 Å². The van der Waals surface area contributed by atoms with Crippen LogP contribution in [0.3, 0.4) is 0 Å². The van der Waals surface area contributed by atoms with E-state index in [9.17, 15) is 45.3 Å². The molecule has 84 heavy (non-hydrogen) atoms. The summed E-state index contributed by atoms with van der Waals surface area (Å²) in [5, 5.41) is 78.8. The lowest BCUT2D eigenvalue weighted by Gasteiger charge is -2.66. The van der Waals surface area contributed by atoms with Gasteiger partial charge in [0.05, 0.1) is 54.2 Å². The molecule has 0 radical (unpaired) electrons. The third-order valence-corrected chi connectivity index (χ3v) is 21.2. The number of carbonyl (C=O) groups is 2. The molecule has 0 amide bonds. The van der Waals surface area contributed by atoms with Crippen LogP contribution < -0.4 is 0 Å². The zero-order valence-electron chi connectivity index (χ0n) is 50.5. The second kappa shape index (κ2) is 26.6. The predicted molar refractivity (Wildman–Crippen MR) is 298 cm³/mol. The third kappa shape index (κ3) is 12.2. The minimum absolute atomic E-state index is 0.0646. The van der Waals surface area contributed by atoms with Crippen LogP contribution in [-0.2, 0) is 71.2 Å². The number of benzene rings is 1. The summed E-state index contributed by atoms with van der Waals surface area (Å²) in [6.45, 7) is 13.9. The van der Waals surface area contributed by atoms with Crippen LogP contribution in [0.15, 0.2) is 48.1 Å². The molecule has 4 saturated carbocycles. The van der Waals surface area contributed by atoms with Gasteiger partial charge in [-0.15, -0.1) is 0 Å². The molecule has 7 N–H and O–H groups in total. The average molecular weight is 1190 g/mol. The molecule has 4 aliphatic heterocycles. The lowest BCUT2D eigenvalue weighted by molar-refractivity contribution is -0.373. The average Bonchev–Trinajstić information content (AvgIpc) is 1.66. The van der Waals surface area contributed by atoms with Crippen LogP contribution in [-0.4, -0.2) is 216 Å². The van der Waals surface area contributed by atoms with Gasteiger partial charge in [-0.3, -0.25) is 0 Å². The quantitative estimate of drug-likeness (QED) is 0.0625. The van der Waals surface area contributed by atoms with Crippen molar-refractivity contribution in [1.82, 2.24) is 0 Å². The highest BCUT2D eigenvalue weighted by atomic mass is 16.8. The molecule has 4 saturated heterocycles. The molecule has 0 spiro atoms. The molecular formula is C62H94O22. The number of aliphatic hydroxyl groups is 7. The van der Waals surface area contributed by atoms with Gasteiger partial charge in [0.2, 0.25) is 0 Å². The van der Waals surface area contributed by atoms with Crippen LogP contribution in [0.4, 0.5) is 0 Å². The van der Waals surface area contributed by atoms with Crippen LogP contribution in [0.1, 0.15) is 125 Å². The summed E-state index contributed by atoms with van der Waals surface area (Å²) in [6.07, 6.45) is -10.1. The molecule has 28 atom stereocenters. The summed E-state index contributed by atoms with van der Waals surface area (Å²) in [4.78, 5) is 27.1. The minimum atomic E-state index is -1.72. The summed E-state index contributed by atoms with van der Waals surface area (Å²) in [5.41, 5.74) is -3.61. The molecule has 8 aliphatic rings. The molecule has 4 heterocycles. The maximum absolute atomic E-state index is 13.9. The number of ether oxygens (including phenoxy) is 13.